The maximum atomic E-state index is 2.43. The first-order valence-electron chi connectivity index (χ1n) is 11.3. The molecule has 0 radical (unpaired) electrons. The number of hydrogen-bond acceptors (Lipinski definition) is 0. The van der Waals surface area contributed by atoms with Gasteiger partial charge in [-0.1, -0.05) is 99.9 Å². The van der Waals surface area contributed by atoms with E-state index < -0.39 is 0 Å². The van der Waals surface area contributed by atoms with E-state index in [-0.39, 0.29) is 10.8 Å². The second kappa shape index (κ2) is 6.01. The predicted molar refractivity (Wildman–Crippen MR) is 135 cm³/mol. The van der Waals surface area contributed by atoms with Crippen LogP contribution >= 0.6 is 0 Å². The highest BCUT2D eigenvalue weighted by Crippen LogP contribution is 2.51. The Balaban J connectivity index is 1.50. The first kappa shape index (κ1) is 18.7. The van der Waals surface area contributed by atoms with Gasteiger partial charge in [-0.15, -0.1) is 0 Å². The Morgan fingerprint density at radius 2 is 0.935 bits per heavy atom. The third kappa shape index (κ3) is 2.44. The summed E-state index contributed by atoms with van der Waals surface area (Å²) >= 11 is 0. The maximum Gasteiger partial charge on any atom is 0.139 e. The normalized spacial score (nSPS) is 16.4. The molecule has 150 valence electrons. The summed E-state index contributed by atoms with van der Waals surface area (Å²) in [6.45, 7) is 9.44. The highest BCUT2D eigenvalue weighted by atomic mass is 14.4. The Morgan fingerprint density at radius 1 is 0.484 bits per heavy atom. The highest BCUT2D eigenvalue weighted by Gasteiger charge is 2.37. The Bertz CT molecular complexity index is 1390. The molecule has 0 spiro atoms. The second-order valence-electron chi connectivity index (χ2n) is 10.4. The van der Waals surface area contributed by atoms with Crippen molar-refractivity contribution in [3.8, 4) is 33.4 Å². The summed E-state index contributed by atoms with van der Waals surface area (Å²) in [5.74, 6) is 0. The smallest absolute Gasteiger partial charge is 0.0886 e. The van der Waals surface area contributed by atoms with Gasteiger partial charge in [-0.25, -0.2) is 0 Å². The van der Waals surface area contributed by atoms with Gasteiger partial charge < -0.3 is 0 Å². The van der Waals surface area contributed by atoms with Gasteiger partial charge in [0.1, 0.15) is 7.85 Å². The molecule has 0 saturated heterocycles. The van der Waals surface area contributed by atoms with Crippen LogP contribution in [0.2, 0.25) is 0 Å². The van der Waals surface area contributed by atoms with Crippen molar-refractivity contribution in [1.82, 2.24) is 0 Å². The van der Waals surface area contributed by atoms with Crippen molar-refractivity contribution >= 4 is 13.3 Å². The first-order valence-corrected chi connectivity index (χ1v) is 11.3. The molecule has 0 fully saturated rings. The summed E-state index contributed by atoms with van der Waals surface area (Å²) in [6, 6.07) is 29.9. The molecular formula is C30H27B. The molecule has 0 nitrogen and oxygen atoms in total. The molecule has 0 aromatic heterocycles. The van der Waals surface area contributed by atoms with Crippen molar-refractivity contribution in [2.45, 2.75) is 38.5 Å². The van der Waals surface area contributed by atoms with Gasteiger partial charge in [0.15, 0.2) is 0 Å². The Hall–Kier alpha value is -3.06. The lowest BCUT2D eigenvalue weighted by atomic mass is 9.79. The van der Waals surface area contributed by atoms with Crippen LogP contribution in [0.4, 0.5) is 0 Å². The molecule has 4 aromatic carbocycles. The molecule has 31 heavy (non-hydrogen) atoms. The number of rotatable bonds is 1. The Kier molecular flexibility index (Phi) is 3.62. The summed E-state index contributed by atoms with van der Waals surface area (Å²) in [5, 5.41) is 0. The fourth-order valence-electron chi connectivity index (χ4n) is 5.91. The molecule has 0 bridgehead atoms. The molecule has 0 heterocycles. The zero-order chi connectivity index (χ0) is 21.5. The van der Waals surface area contributed by atoms with Gasteiger partial charge >= 0.3 is 0 Å². The molecule has 6 rings (SSSR count). The van der Waals surface area contributed by atoms with Crippen LogP contribution in [0.1, 0.15) is 49.9 Å². The first-order chi connectivity index (χ1) is 14.8. The summed E-state index contributed by atoms with van der Waals surface area (Å²) in [4.78, 5) is 0. The van der Waals surface area contributed by atoms with Crippen LogP contribution in [0, 0.1) is 0 Å². The van der Waals surface area contributed by atoms with E-state index in [4.69, 9.17) is 0 Å². The van der Waals surface area contributed by atoms with Crippen molar-refractivity contribution in [1.29, 1.82) is 0 Å². The van der Waals surface area contributed by atoms with Crippen molar-refractivity contribution in [3.63, 3.8) is 0 Å². The van der Waals surface area contributed by atoms with Crippen LogP contribution in [-0.4, -0.2) is 7.85 Å². The fourth-order valence-corrected chi connectivity index (χ4v) is 5.91. The molecule has 2 aliphatic carbocycles. The van der Waals surface area contributed by atoms with Crippen LogP contribution in [0.3, 0.4) is 0 Å². The molecule has 2 aliphatic rings. The molecule has 4 aromatic rings. The molecule has 1 heteroatoms. The molecule has 0 atom stereocenters. The predicted octanol–water partition coefficient (Wildman–Crippen LogP) is 6.22. The summed E-state index contributed by atoms with van der Waals surface area (Å²) in [5.41, 5.74) is 15.3. The monoisotopic (exact) mass is 398 g/mol. The van der Waals surface area contributed by atoms with Crippen molar-refractivity contribution < 1.29 is 0 Å². The van der Waals surface area contributed by atoms with E-state index in [1.807, 2.05) is 0 Å². The summed E-state index contributed by atoms with van der Waals surface area (Å²) in [7, 11) is 2.19. The van der Waals surface area contributed by atoms with E-state index in [0.29, 0.717) is 0 Å². The number of hydrogen-bond donors (Lipinski definition) is 0. The summed E-state index contributed by atoms with van der Waals surface area (Å²) < 4.78 is 0. The van der Waals surface area contributed by atoms with E-state index in [1.165, 1.54) is 61.1 Å². The minimum Gasteiger partial charge on any atom is -0.0886 e. The van der Waals surface area contributed by atoms with E-state index in [0.717, 1.165) is 0 Å². The van der Waals surface area contributed by atoms with Crippen LogP contribution < -0.4 is 5.46 Å². The van der Waals surface area contributed by atoms with Crippen LogP contribution in [-0.2, 0) is 10.8 Å². The third-order valence-electron chi connectivity index (χ3n) is 7.75. The minimum absolute atomic E-state index is 0.0267. The average molecular weight is 398 g/mol. The minimum atomic E-state index is 0.0267. The van der Waals surface area contributed by atoms with Gasteiger partial charge in [0, 0.05) is 10.8 Å². The zero-order valence-corrected chi connectivity index (χ0v) is 19.0. The van der Waals surface area contributed by atoms with Crippen LogP contribution in [0.5, 0.6) is 0 Å². The summed E-state index contributed by atoms with van der Waals surface area (Å²) in [6.07, 6.45) is 0. The fraction of sp³-hybridized carbons (Fsp3) is 0.200. The van der Waals surface area contributed by atoms with E-state index in [2.05, 4.69) is 114 Å². The largest absolute Gasteiger partial charge is 0.139 e. The quantitative estimate of drug-likeness (QED) is 0.334. The van der Waals surface area contributed by atoms with Crippen molar-refractivity contribution in [2.75, 3.05) is 0 Å². The SMILES string of the molecule is Bc1ccc2c(c1)C(C)(C)c1cc(-c3ccc4c(c3)C(C)(C)c3ccccc3-4)ccc1-2. The third-order valence-corrected chi connectivity index (χ3v) is 7.75. The standard InChI is InChI=1S/C30H27B/c1-29(2)25-8-6-5-7-21(25)22-12-9-18(15-26(22)29)19-10-13-23-24-14-11-20(31)17-28(24)30(3,4)27(23)16-19/h5-17H,31H2,1-4H3. The highest BCUT2D eigenvalue weighted by molar-refractivity contribution is 6.32. The number of fused-ring (bicyclic) bond motifs is 6. The van der Waals surface area contributed by atoms with Gasteiger partial charge in [0.25, 0.3) is 0 Å². The molecule has 0 amide bonds. The average Bonchev–Trinajstić information content (AvgIpc) is 3.13. The van der Waals surface area contributed by atoms with E-state index in [1.54, 1.807) is 0 Å². The Morgan fingerprint density at radius 3 is 1.55 bits per heavy atom. The van der Waals surface area contributed by atoms with E-state index >= 15 is 0 Å². The molecule has 0 aliphatic heterocycles. The van der Waals surface area contributed by atoms with Crippen LogP contribution in [0.25, 0.3) is 33.4 Å². The van der Waals surface area contributed by atoms with Gasteiger partial charge in [0.05, 0.1) is 0 Å². The van der Waals surface area contributed by atoms with Gasteiger partial charge in [0.2, 0.25) is 0 Å². The van der Waals surface area contributed by atoms with Gasteiger partial charge in [-0.3, -0.25) is 0 Å². The van der Waals surface area contributed by atoms with Gasteiger partial charge in [-0.05, 0) is 67.8 Å². The molecule has 0 N–H and O–H groups in total. The lowest BCUT2D eigenvalue weighted by Gasteiger charge is -2.23. The topological polar surface area (TPSA) is 0 Å². The van der Waals surface area contributed by atoms with E-state index in [9.17, 15) is 0 Å². The molecule has 0 unspecified atom stereocenters. The molecule has 0 saturated carbocycles. The van der Waals surface area contributed by atoms with Gasteiger partial charge in [-0.2, -0.15) is 0 Å². The lowest BCUT2D eigenvalue weighted by molar-refractivity contribution is 0.660. The van der Waals surface area contributed by atoms with Crippen LogP contribution in [0.15, 0.2) is 78.9 Å². The second-order valence-corrected chi connectivity index (χ2v) is 10.4. The molecular weight excluding hydrogens is 371 g/mol. The lowest BCUT2D eigenvalue weighted by Crippen LogP contribution is -2.17. The van der Waals surface area contributed by atoms with Crippen molar-refractivity contribution in [3.05, 3.63) is 101 Å². The van der Waals surface area contributed by atoms with Crippen molar-refractivity contribution in [2.24, 2.45) is 0 Å². The Labute approximate surface area is 186 Å². The number of benzene rings is 4. The zero-order valence-electron chi connectivity index (χ0n) is 19.0. The maximum absolute atomic E-state index is 2.43.